The number of aromatic nitrogens is 3. The summed E-state index contributed by atoms with van der Waals surface area (Å²) in [5.74, 6) is 0. The number of nitrogens with one attached hydrogen (secondary N) is 1. The highest BCUT2D eigenvalue weighted by Crippen LogP contribution is 2.07. The van der Waals surface area contributed by atoms with E-state index in [2.05, 4.69) is 47.2 Å². The van der Waals surface area contributed by atoms with Crippen molar-refractivity contribution in [1.82, 2.24) is 19.7 Å². The summed E-state index contributed by atoms with van der Waals surface area (Å²) in [5, 5.41) is 7.73. The van der Waals surface area contributed by atoms with Crippen molar-refractivity contribution in [3.8, 4) is 0 Å². The van der Waals surface area contributed by atoms with E-state index in [1.54, 1.807) is 0 Å². The molecular formula is C14H22N4. The van der Waals surface area contributed by atoms with Gasteiger partial charge in [-0.1, -0.05) is 6.92 Å². The predicted octanol–water partition coefficient (Wildman–Crippen LogP) is 2.23. The average molecular weight is 246 g/mol. The molecule has 2 rings (SSSR count). The molecule has 0 aliphatic rings. The number of hydrogen-bond donors (Lipinski definition) is 1. The molecular weight excluding hydrogens is 224 g/mol. The van der Waals surface area contributed by atoms with Crippen LogP contribution in [0.25, 0.3) is 0 Å². The molecule has 0 radical (unpaired) electrons. The van der Waals surface area contributed by atoms with Crippen LogP contribution in [-0.4, -0.2) is 14.3 Å². The molecule has 18 heavy (non-hydrogen) atoms. The van der Waals surface area contributed by atoms with E-state index in [1.165, 1.54) is 23.4 Å². The molecule has 2 aromatic rings. The first-order valence-corrected chi connectivity index (χ1v) is 6.54. The van der Waals surface area contributed by atoms with E-state index in [9.17, 15) is 0 Å². The van der Waals surface area contributed by atoms with Crippen LogP contribution in [0.1, 0.15) is 30.3 Å². The molecule has 1 N–H and O–H groups in total. The van der Waals surface area contributed by atoms with Crippen LogP contribution in [0.5, 0.6) is 0 Å². The third-order valence-electron chi connectivity index (χ3n) is 3.35. The van der Waals surface area contributed by atoms with E-state index in [0.717, 1.165) is 19.6 Å². The molecule has 0 saturated heterocycles. The highest BCUT2D eigenvalue weighted by molar-refractivity contribution is 5.15. The van der Waals surface area contributed by atoms with Crippen LogP contribution in [0, 0.1) is 6.92 Å². The maximum atomic E-state index is 4.25. The average Bonchev–Trinajstić information content (AvgIpc) is 2.92. The van der Waals surface area contributed by atoms with Gasteiger partial charge in [-0.25, -0.2) is 0 Å². The van der Waals surface area contributed by atoms with E-state index in [-0.39, 0.29) is 0 Å². The van der Waals surface area contributed by atoms with Crippen molar-refractivity contribution in [2.24, 2.45) is 7.05 Å². The lowest BCUT2D eigenvalue weighted by atomic mass is 10.2. The third-order valence-corrected chi connectivity index (χ3v) is 3.35. The van der Waals surface area contributed by atoms with Gasteiger partial charge in [-0.05, 0) is 25.5 Å². The molecule has 0 atom stereocenters. The number of hydrogen-bond acceptors (Lipinski definition) is 2. The van der Waals surface area contributed by atoms with Gasteiger partial charge in [0.25, 0.3) is 0 Å². The monoisotopic (exact) mass is 246 g/mol. The molecule has 0 unspecified atom stereocenters. The summed E-state index contributed by atoms with van der Waals surface area (Å²) in [7, 11) is 1.98. The molecule has 0 bridgehead atoms. The van der Waals surface area contributed by atoms with Crippen molar-refractivity contribution in [1.29, 1.82) is 0 Å². The number of rotatable bonds is 6. The molecule has 0 aliphatic carbocycles. The molecule has 0 saturated carbocycles. The SMILES string of the molecule is CCCn1cccc1CNCc1cnn(C)c1C. The van der Waals surface area contributed by atoms with Gasteiger partial charge < -0.3 is 9.88 Å². The summed E-state index contributed by atoms with van der Waals surface area (Å²) >= 11 is 0. The zero-order valence-electron chi connectivity index (χ0n) is 11.5. The summed E-state index contributed by atoms with van der Waals surface area (Å²) in [6.45, 7) is 7.17. The standard InChI is InChI=1S/C14H22N4/c1-4-7-18-8-5-6-14(18)11-15-9-13-10-16-17(3)12(13)2/h5-6,8,10,15H,4,7,9,11H2,1-3H3. The van der Waals surface area contributed by atoms with Gasteiger partial charge in [0.15, 0.2) is 0 Å². The molecule has 4 heteroatoms. The quantitative estimate of drug-likeness (QED) is 0.848. The zero-order valence-corrected chi connectivity index (χ0v) is 11.5. The van der Waals surface area contributed by atoms with Gasteiger partial charge in [0.2, 0.25) is 0 Å². The van der Waals surface area contributed by atoms with Crippen LogP contribution in [0.3, 0.4) is 0 Å². The van der Waals surface area contributed by atoms with Crippen LogP contribution < -0.4 is 5.32 Å². The lowest BCUT2D eigenvalue weighted by Crippen LogP contribution is -2.16. The van der Waals surface area contributed by atoms with E-state index in [1.807, 2.05) is 17.9 Å². The Bertz CT molecular complexity index is 496. The Kier molecular flexibility index (Phi) is 4.20. The fourth-order valence-electron chi connectivity index (χ4n) is 2.11. The third kappa shape index (κ3) is 2.82. The Balaban J connectivity index is 1.88. The molecule has 0 spiro atoms. The predicted molar refractivity (Wildman–Crippen MR) is 73.2 cm³/mol. The highest BCUT2D eigenvalue weighted by atomic mass is 15.3. The summed E-state index contributed by atoms with van der Waals surface area (Å²) in [4.78, 5) is 0. The lowest BCUT2D eigenvalue weighted by molar-refractivity contribution is 0.601. The van der Waals surface area contributed by atoms with Crippen LogP contribution in [0.2, 0.25) is 0 Å². The molecule has 2 aromatic heterocycles. The van der Waals surface area contributed by atoms with Gasteiger partial charge in [0.05, 0.1) is 6.20 Å². The van der Waals surface area contributed by atoms with E-state index in [4.69, 9.17) is 0 Å². The van der Waals surface area contributed by atoms with E-state index in [0.29, 0.717) is 0 Å². The van der Waals surface area contributed by atoms with Crippen molar-refractivity contribution in [2.45, 2.75) is 39.9 Å². The Morgan fingerprint density at radius 2 is 2.17 bits per heavy atom. The maximum Gasteiger partial charge on any atom is 0.0537 e. The van der Waals surface area contributed by atoms with Gasteiger partial charge in [-0.3, -0.25) is 4.68 Å². The summed E-state index contributed by atoms with van der Waals surface area (Å²) in [6.07, 6.45) is 5.26. The first kappa shape index (κ1) is 12.9. The first-order valence-electron chi connectivity index (χ1n) is 6.54. The topological polar surface area (TPSA) is 34.8 Å². The summed E-state index contributed by atoms with van der Waals surface area (Å²) < 4.78 is 4.22. The smallest absolute Gasteiger partial charge is 0.0537 e. The minimum Gasteiger partial charge on any atom is -0.350 e. The molecule has 0 fully saturated rings. The first-order chi connectivity index (χ1) is 8.72. The van der Waals surface area contributed by atoms with Crippen molar-refractivity contribution in [3.05, 3.63) is 41.5 Å². The fraction of sp³-hybridized carbons (Fsp3) is 0.500. The van der Waals surface area contributed by atoms with Crippen LogP contribution in [0.4, 0.5) is 0 Å². The second kappa shape index (κ2) is 5.87. The van der Waals surface area contributed by atoms with E-state index >= 15 is 0 Å². The molecule has 0 amide bonds. The Morgan fingerprint density at radius 1 is 1.33 bits per heavy atom. The van der Waals surface area contributed by atoms with Gasteiger partial charge in [-0.2, -0.15) is 5.10 Å². The molecule has 2 heterocycles. The van der Waals surface area contributed by atoms with Crippen molar-refractivity contribution < 1.29 is 0 Å². The minimum atomic E-state index is 0.872. The largest absolute Gasteiger partial charge is 0.350 e. The fourth-order valence-corrected chi connectivity index (χ4v) is 2.11. The number of nitrogens with zero attached hydrogens (tertiary/aromatic N) is 3. The Labute approximate surface area is 109 Å². The minimum absolute atomic E-state index is 0.872. The van der Waals surface area contributed by atoms with Gasteiger partial charge in [-0.15, -0.1) is 0 Å². The summed E-state index contributed by atoms with van der Waals surface area (Å²) in [6, 6.07) is 4.29. The van der Waals surface area contributed by atoms with E-state index < -0.39 is 0 Å². The molecule has 98 valence electrons. The van der Waals surface area contributed by atoms with Crippen molar-refractivity contribution >= 4 is 0 Å². The van der Waals surface area contributed by atoms with Gasteiger partial charge in [0, 0.05) is 49.8 Å². The van der Waals surface area contributed by atoms with Crippen molar-refractivity contribution in [2.75, 3.05) is 0 Å². The van der Waals surface area contributed by atoms with Crippen LogP contribution in [-0.2, 0) is 26.7 Å². The normalized spacial score (nSPS) is 11.1. The Morgan fingerprint density at radius 3 is 2.83 bits per heavy atom. The molecule has 4 nitrogen and oxygen atoms in total. The van der Waals surface area contributed by atoms with Crippen molar-refractivity contribution in [3.63, 3.8) is 0 Å². The van der Waals surface area contributed by atoms with Crippen LogP contribution >= 0.6 is 0 Å². The highest BCUT2D eigenvalue weighted by Gasteiger charge is 2.04. The second-order valence-corrected chi connectivity index (χ2v) is 4.68. The second-order valence-electron chi connectivity index (χ2n) is 4.68. The Hall–Kier alpha value is -1.55. The lowest BCUT2D eigenvalue weighted by Gasteiger charge is -2.09. The van der Waals surface area contributed by atoms with Gasteiger partial charge >= 0.3 is 0 Å². The molecule has 0 aliphatic heterocycles. The molecule has 0 aromatic carbocycles. The summed E-state index contributed by atoms with van der Waals surface area (Å²) in [5.41, 5.74) is 3.84. The van der Waals surface area contributed by atoms with Crippen LogP contribution in [0.15, 0.2) is 24.5 Å². The number of aryl methyl sites for hydroxylation is 2. The van der Waals surface area contributed by atoms with Gasteiger partial charge in [0.1, 0.15) is 0 Å². The maximum absolute atomic E-state index is 4.25. The zero-order chi connectivity index (χ0) is 13.0.